The second-order valence-electron chi connectivity index (χ2n) is 6.14. The number of hydrogen-bond acceptors (Lipinski definition) is 6. The molecule has 3 N–H and O–H groups in total. The van der Waals surface area contributed by atoms with Gasteiger partial charge in [-0.25, -0.2) is 9.78 Å². The maximum absolute atomic E-state index is 12.9. The molecule has 7 nitrogen and oxygen atoms in total. The molecule has 28 heavy (non-hydrogen) atoms. The van der Waals surface area contributed by atoms with E-state index in [1.807, 2.05) is 6.07 Å². The minimum atomic E-state index is -0.403. The van der Waals surface area contributed by atoms with Gasteiger partial charge in [-0.1, -0.05) is 0 Å². The van der Waals surface area contributed by atoms with Crippen LogP contribution in [0.1, 0.15) is 27.6 Å². The van der Waals surface area contributed by atoms with Gasteiger partial charge in [-0.2, -0.15) is 0 Å². The minimum Gasteiger partial charge on any atom is -0.462 e. The molecule has 0 aliphatic heterocycles. The van der Waals surface area contributed by atoms with Crippen LogP contribution in [0.15, 0.2) is 59.1 Å². The van der Waals surface area contributed by atoms with E-state index in [2.05, 4.69) is 10.3 Å². The van der Waals surface area contributed by atoms with E-state index >= 15 is 0 Å². The Balaban J connectivity index is 1.62. The standard InChI is InChI=1S/C21H17N3O4/c1-2-27-21(26)12-3-5-14(6-4-12)24-20(25)19-16-8-7-15(28-16)18(19)13-9-10-23-17(22)11-13/h3-11H,2H2,1H3,(H2,22,23)(H,24,25). The van der Waals surface area contributed by atoms with Gasteiger partial charge in [-0.3, -0.25) is 4.79 Å². The first-order valence-electron chi connectivity index (χ1n) is 8.72. The number of ether oxygens (including phenoxy) is 1. The Labute approximate surface area is 160 Å². The summed E-state index contributed by atoms with van der Waals surface area (Å²) in [6.45, 7) is 2.05. The van der Waals surface area contributed by atoms with Crippen LogP contribution in [-0.2, 0) is 4.74 Å². The van der Waals surface area contributed by atoms with Gasteiger partial charge in [0.15, 0.2) is 0 Å². The molecule has 3 aromatic heterocycles. The van der Waals surface area contributed by atoms with E-state index in [0.717, 1.165) is 5.56 Å². The van der Waals surface area contributed by atoms with Crippen molar-refractivity contribution < 1.29 is 18.7 Å². The van der Waals surface area contributed by atoms with Gasteiger partial charge in [0, 0.05) is 17.4 Å². The molecule has 4 aromatic rings. The SMILES string of the molecule is CCOC(=O)c1ccc(NC(=O)c2c(-c3ccnc(N)c3)c3ccc2o3)cc1. The Hall–Kier alpha value is -3.87. The molecule has 140 valence electrons. The number of hydrogen-bond donors (Lipinski definition) is 2. The zero-order valence-corrected chi connectivity index (χ0v) is 15.1. The van der Waals surface area contributed by atoms with Crippen molar-refractivity contribution in [3.8, 4) is 11.1 Å². The summed E-state index contributed by atoms with van der Waals surface area (Å²) in [5.41, 5.74) is 9.70. The van der Waals surface area contributed by atoms with E-state index in [9.17, 15) is 9.59 Å². The van der Waals surface area contributed by atoms with E-state index in [1.165, 1.54) is 0 Å². The average molecular weight is 375 g/mol. The van der Waals surface area contributed by atoms with E-state index in [-0.39, 0.29) is 5.91 Å². The molecule has 2 bridgehead atoms. The first-order valence-corrected chi connectivity index (χ1v) is 8.72. The molecule has 0 saturated heterocycles. The molecule has 0 unspecified atom stereocenters. The molecule has 7 heteroatoms. The lowest BCUT2D eigenvalue weighted by molar-refractivity contribution is 0.0526. The van der Waals surface area contributed by atoms with Crippen LogP contribution in [0, 0.1) is 0 Å². The molecule has 0 aliphatic rings. The summed E-state index contributed by atoms with van der Waals surface area (Å²) in [6.07, 6.45) is 1.59. The van der Waals surface area contributed by atoms with Crippen LogP contribution in [0.3, 0.4) is 0 Å². The zero-order chi connectivity index (χ0) is 19.7. The fourth-order valence-corrected chi connectivity index (χ4v) is 3.07. The largest absolute Gasteiger partial charge is 0.462 e. The van der Waals surface area contributed by atoms with Crippen molar-refractivity contribution in [3.05, 3.63) is 65.9 Å². The highest BCUT2D eigenvalue weighted by atomic mass is 16.5. The second kappa shape index (κ2) is 7.03. The number of esters is 1. The minimum absolute atomic E-state index is 0.304. The Bertz CT molecular complexity index is 1150. The molecule has 0 fully saturated rings. The molecular weight excluding hydrogens is 358 g/mol. The maximum Gasteiger partial charge on any atom is 0.338 e. The predicted molar refractivity (Wildman–Crippen MR) is 105 cm³/mol. The Morgan fingerprint density at radius 1 is 1.11 bits per heavy atom. The van der Waals surface area contributed by atoms with Crippen LogP contribution in [0.2, 0.25) is 0 Å². The number of nitrogens with zero attached hydrogens (tertiary/aromatic N) is 1. The Kier molecular flexibility index (Phi) is 4.41. The van der Waals surface area contributed by atoms with Crippen LogP contribution in [0.25, 0.3) is 22.3 Å². The van der Waals surface area contributed by atoms with Crippen molar-refractivity contribution in [2.75, 3.05) is 17.7 Å². The number of amides is 1. The number of nitrogens with two attached hydrogens (primary N) is 1. The molecule has 1 amide bonds. The lowest BCUT2D eigenvalue weighted by Gasteiger charge is -2.09. The number of fused-ring (bicyclic) bond motifs is 2. The number of carbonyl (C=O) groups excluding carboxylic acids is 2. The van der Waals surface area contributed by atoms with Crippen LogP contribution in [0.5, 0.6) is 0 Å². The van der Waals surface area contributed by atoms with Crippen molar-refractivity contribution in [1.82, 2.24) is 4.98 Å². The first kappa shape index (κ1) is 17.5. The fraction of sp³-hybridized carbons (Fsp3) is 0.0952. The number of aromatic nitrogens is 1. The van der Waals surface area contributed by atoms with Crippen molar-refractivity contribution >= 4 is 34.5 Å². The quantitative estimate of drug-likeness (QED) is 0.512. The summed E-state index contributed by atoms with van der Waals surface area (Å²) in [6, 6.07) is 13.5. The van der Waals surface area contributed by atoms with Crippen molar-refractivity contribution in [3.63, 3.8) is 0 Å². The van der Waals surface area contributed by atoms with Gasteiger partial charge in [-0.15, -0.1) is 0 Å². The number of pyridine rings is 1. The molecule has 1 aromatic carbocycles. The summed E-state index contributed by atoms with van der Waals surface area (Å²) >= 11 is 0. The van der Waals surface area contributed by atoms with Gasteiger partial charge in [0.05, 0.1) is 17.7 Å². The highest BCUT2D eigenvalue weighted by Crippen LogP contribution is 2.37. The van der Waals surface area contributed by atoms with E-state index in [1.54, 1.807) is 55.6 Å². The fourth-order valence-electron chi connectivity index (χ4n) is 3.07. The van der Waals surface area contributed by atoms with Gasteiger partial charge in [-0.05, 0) is 61.0 Å². The van der Waals surface area contributed by atoms with Crippen LogP contribution in [-0.4, -0.2) is 23.5 Å². The number of nitrogen functional groups attached to an aromatic ring is 1. The summed E-state index contributed by atoms with van der Waals surface area (Å²) in [5, 5.41) is 2.84. The summed E-state index contributed by atoms with van der Waals surface area (Å²) in [5.74, 6) is -0.362. The number of rotatable bonds is 5. The van der Waals surface area contributed by atoms with Crippen LogP contribution < -0.4 is 11.1 Å². The summed E-state index contributed by atoms with van der Waals surface area (Å²) in [4.78, 5) is 28.7. The number of anilines is 2. The van der Waals surface area contributed by atoms with E-state index in [0.29, 0.717) is 46.0 Å². The molecular formula is C21H17N3O4. The van der Waals surface area contributed by atoms with Crippen LogP contribution in [0.4, 0.5) is 11.5 Å². The smallest absolute Gasteiger partial charge is 0.338 e. The van der Waals surface area contributed by atoms with Crippen LogP contribution >= 0.6 is 0 Å². The average Bonchev–Trinajstić information content (AvgIpc) is 3.30. The van der Waals surface area contributed by atoms with Crippen molar-refractivity contribution in [2.24, 2.45) is 0 Å². The van der Waals surface area contributed by atoms with Crippen molar-refractivity contribution in [1.29, 1.82) is 0 Å². The molecule has 0 atom stereocenters. The normalized spacial score (nSPS) is 10.9. The number of nitrogens with one attached hydrogen (secondary N) is 1. The highest BCUT2D eigenvalue weighted by Gasteiger charge is 2.24. The maximum atomic E-state index is 12.9. The lowest BCUT2D eigenvalue weighted by Crippen LogP contribution is -2.13. The molecule has 0 spiro atoms. The van der Waals surface area contributed by atoms with Gasteiger partial charge in [0.25, 0.3) is 5.91 Å². The third-order valence-electron chi connectivity index (χ3n) is 4.30. The first-order chi connectivity index (χ1) is 13.6. The summed E-state index contributed by atoms with van der Waals surface area (Å²) in [7, 11) is 0. The third kappa shape index (κ3) is 3.14. The number of furan rings is 2. The number of benzene rings is 2. The monoisotopic (exact) mass is 375 g/mol. The predicted octanol–water partition coefficient (Wildman–Crippen LogP) is 3.94. The number of carbonyl (C=O) groups is 2. The topological polar surface area (TPSA) is 107 Å². The van der Waals surface area contributed by atoms with Gasteiger partial charge in [0.1, 0.15) is 17.0 Å². The van der Waals surface area contributed by atoms with Gasteiger partial charge in [0.2, 0.25) is 0 Å². The Morgan fingerprint density at radius 2 is 1.86 bits per heavy atom. The molecule has 0 saturated carbocycles. The van der Waals surface area contributed by atoms with Gasteiger partial charge < -0.3 is 20.2 Å². The van der Waals surface area contributed by atoms with E-state index < -0.39 is 5.97 Å². The van der Waals surface area contributed by atoms with Gasteiger partial charge >= 0.3 is 5.97 Å². The second-order valence-corrected chi connectivity index (χ2v) is 6.14. The molecule has 0 aliphatic carbocycles. The Morgan fingerprint density at radius 3 is 2.57 bits per heavy atom. The molecule has 3 heterocycles. The third-order valence-corrected chi connectivity index (χ3v) is 4.30. The molecule has 0 radical (unpaired) electrons. The summed E-state index contributed by atoms with van der Waals surface area (Å²) < 4.78 is 10.7. The zero-order valence-electron chi connectivity index (χ0n) is 15.1. The van der Waals surface area contributed by atoms with Crippen molar-refractivity contribution in [2.45, 2.75) is 6.92 Å². The highest BCUT2D eigenvalue weighted by molar-refractivity contribution is 6.16. The van der Waals surface area contributed by atoms with E-state index in [4.69, 9.17) is 14.9 Å². The molecule has 4 rings (SSSR count). The lowest BCUT2D eigenvalue weighted by atomic mass is 10.00.